The first-order chi connectivity index (χ1) is 17.4. The minimum Gasteiger partial charge on any atom is -0.497 e. The third-order valence-corrected chi connectivity index (χ3v) is 7.17. The SMILES string of the molecule is COc1ccc(C(OC)(c2ccc(OC)cc2)c2ccc(C(C)(C)c3ccc(CO)cc3)cc2)cc1. The monoisotopic (exact) mass is 482 g/mol. The van der Waals surface area contributed by atoms with Crippen LogP contribution in [0.3, 0.4) is 0 Å². The second-order valence-electron chi connectivity index (χ2n) is 9.40. The van der Waals surface area contributed by atoms with Crippen LogP contribution < -0.4 is 9.47 Å². The van der Waals surface area contributed by atoms with Crippen molar-refractivity contribution in [1.29, 1.82) is 0 Å². The van der Waals surface area contributed by atoms with E-state index in [2.05, 4.69) is 50.2 Å². The molecule has 4 heteroatoms. The Morgan fingerprint density at radius 3 is 1.19 bits per heavy atom. The summed E-state index contributed by atoms with van der Waals surface area (Å²) in [6.07, 6.45) is 0. The first kappa shape index (κ1) is 25.5. The number of aliphatic hydroxyl groups excluding tert-OH is 1. The van der Waals surface area contributed by atoms with Crippen molar-refractivity contribution in [2.24, 2.45) is 0 Å². The molecule has 0 unspecified atom stereocenters. The predicted octanol–water partition coefficient (Wildman–Crippen LogP) is 6.46. The van der Waals surface area contributed by atoms with Crippen molar-refractivity contribution in [3.05, 3.63) is 130 Å². The Morgan fingerprint density at radius 1 is 0.528 bits per heavy atom. The molecule has 0 amide bonds. The van der Waals surface area contributed by atoms with Crippen LogP contribution in [-0.2, 0) is 22.4 Å². The fourth-order valence-corrected chi connectivity index (χ4v) is 4.82. The van der Waals surface area contributed by atoms with Crippen LogP contribution in [0.4, 0.5) is 0 Å². The van der Waals surface area contributed by atoms with Gasteiger partial charge in [0, 0.05) is 12.5 Å². The average Bonchev–Trinajstić information content (AvgIpc) is 2.94. The quantitative estimate of drug-likeness (QED) is 0.278. The van der Waals surface area contributed by atoms with Crippen molar-refractivity contribution in [3.8, 4) is 11.5 Å². The summed E-state index contributed by atoms with van der Waals surface area (Å²) >= 11 is 0. The highest BCUT2D eigenvalue weighted by Crippen LogP contribution is 2.42. The van der Waals surface area contributed by atoms with Crippen LogP contribution in [0.25, 0.3) is 0 Å². The molecule has 4 aromatic carbocycles. The molecular weight excluding hydrogens is 448 g/mol. The molecule has 0 spiro atoms. The standard InChI is InChI=1S/C32H34O4/c1-31(2,24-8-6-23(22-33)7-9-24)25-10-12-26(13-11-25)32(36-5,27-14-18-29(34-3)19-15-27)28-16-20-30(35-4)21-17-28/h6-21,33H,22H2,1-5H3. The molecule has 186 valence electrons. The van der Waals surface area contributed by atoms with Gasteiger partial charge in [0.15, 0.2) is 0 Å². The van der Waals surface area contributed by atoms with Crippen molar-refractivity contribution in [1.82, 2.24) is 0 Å². The smallest absolute Gasteiger partial charge is 0.143 e. The second-order valence-corrected chi connectivity index (χ2v) is 9.40. The molecule has 0 saturated carbocycles. The third kappa shape index (κ3) is 4.62. The van der Waals surface area contributed by atoms with E-state index >= 15 is 0 Å². The first-order valence-corrected chi connectivity index (χ1v) is 12.0. The Labute approximate surface area is 214 Å². The summed E-state index contributed by atoms with van der Waals surface area (Å²) in [5.74, 6) is 1.59. The van der Waals surface area contributed by atoms with Crippen molar-refractivity contribution in [2.75, 3.05) is 21.3 Å². The molecule has 0 fully saturated rings. The number of aliphatic hydroxyl groups is 1. The maximum Gasteiger partial charge on any atom is 0.143 e. The van der Waals surface area contributed by atoms with Gasteiger partial charge in [-0.2, -0.15) is 0 Å². The molecule has 0 heterocycles. The van der Waals surface area contributed by atoms with E-state index in [9.17, 15) is 5.11 Å². The molecule has 4 aromatic rings. The molecule has 0 bridgehead atoms. The lowest BCUT2D eigenvalue weighted by Gasteiger charge is -2.35. The topological polar surface area (TPSA) is 47.9 Å². The van der Waals surface area contributed by atoms with Crippen molar-refractivity contribution in [2.45, 2.75) is 31.5 Å². The zero-order valence-electron chi connectivity index (χ0n) is 21.6. The van der Waals surface area contributed by atoms with E-state index < -0.39 is 5.60 Å². The van der Waals surface area contributed by atoms with E-state index in [0.717, 1.165) is 33.8 Å². The molecular formula is C32H34O4. The van der Waals surface area contributed by atoms with Gasteiger partial charge in [-0.15, -0.1) is 0 Å². The van der Waals surface area contributed by atoms with E-state index in [0.29, 0.717) is 0 Å². The number of hydrogen-bond donors (Lipinski definition) is 1. The van der Waals surface area contributed by atoms with Gasteiger partial charge >= 0.3 is 0 Å². The maximum absolute atomic E-state index is 9.40. The van der Waals surface area contributed by atoms with E-state index in [1.165, 1.54) is 11.1 Å². The van der Waals surface area contributed by atoms with E-state index in [1.54, 1.807) is 21.3 Å². The molecule has 0 radical (unpaired) electrons. The second kappa shape index (κ2) is 10.6. The maximum atomic E-state index is 9.40. The highest BCUT2D eigenvalue weighted by Gasteiger charge is 2.37. The highest BCUT2D eigenvalue weighted by atomic mass is 16.5. The zero-order chi connectivity index (χ0) is 25.8. The molecule has 1 N–H and O–H groups in total. The van der Waals surface area contributed by atoms with E-state index in [4.69, 9.17) is 14.2 Å². The minimum atomic E-state index is -0.815. The lowest BCUT2D eigenvalue weighted by Crippen LogP contribution is -2.32. The van der Waals surface area contributed by atoms with Gasteiger partial charge in [0.25, 0.3) is 0 Å². The first-order valence-electron chi connectivity index (χ1n) is 12.0. The van der Waals surface area contributed by atoms with Gasteiger partial charge in [0.05, 0.1) is 20.8 Å². The van der Waals surface area contributed by atoms with Crippen LogP contribution in [0.1, 0.15) is 47.2 Å². The normalized spacial score (nSPS) is 11.8. The Bertz CT molecular complexity index is 1210. The van der Waals surface area contributed by atoms with Gasteiger partial charge in [-0.05, 0) is 57.6 Å². The van der Waals surface area contributed by atoms with Crippen LogP contribution in [0.2, 0.25) is 0 Å². The van der Waals surface area contributed by atoms with Gasteiger partial charge in [-0.3, -0.25) is 0 Å². The molecule has 0 aliphatic heterocycles. The fraction of sp³-hybridized carbons (Fsp3) is 0.250. The predicted molar refractivity (Wildman–Crippen MR) is 144 cm³/mol. The van der Waals surface area contributed by atoms with Crippen LogP contribution in [-0.4, -0.2) is 26.4 Å². The van der Waals surface area contributed by atoms with Gasteiger partial charge < -0.3 is 19.3 Å². The molecule has 0 aliphatic carbocycles. The van der Waals surface area contributed by atoms with Gasteiger partial charge in [0.2, 0.25) is 0 Å². The lowest BCUT2D eigenvalue weighted by molar-refractivity contribution is 0.0584. The molecule has 4 rings (SSSR count). The fourth-order valence-electron chi connectivity index (χ4n) is 4.82. The van der Waals surface area contributed by atoms with Gasteiger partial charge in [-0.25, -0.2) is 0 Å². The number of rotatable bonds is 9. The summed E-state index contributed by atoms with van der Waals surface area (Å²) < 4.78 is 17.2. The Balaban J connectivity index is 1.81. The van der Waals surface area contributed by atoms with Crippen molar-refractivity contribution >= 4 is 0 Å². The summed E-state index contributed by atoms with van der Waals surface area (Å²) in [4.78, 5) is 0. The van der Waals surface area contributed by atoms with Crippen LogP contribution in [0, 0.1) is 0 Å². The summed E-state index contributed by atoms with van der Waals surface area (Å²) in [6.45, 7) is 4.48. The summed E-state index contributed by atoms with van der Waals surface area (Å²) in [5, 5.41) is 9.40. The van der Waals surface area contributed by atoms with Crippen molar-refractivity contribution < 1.29 is 19.3 Å². The molecule has 36 heavy (non-hydrogen) atoms. The average molecular weight is 483 g/mol. The molecule has 0 atom stereocenters. The van der Waals surface area contributed by atoms with E-state index in [-0.39, 0.29) is 12.0 Å². The van der Waals surface area contributed by atoms with Gasteiger partial charge in [-0.1, -0.05) is 86.6 Å². The van der Waals surface area contributed by atoms with Gasteiger partial charge in [0.1, 0.15) is 17.1 Å². The minimum absolute atomic E-state index is 0.0469. The number of ether oxygens (including phenoxy) is 3. The Kier molecular flexibility index (Phi) is 7.48. The van der Waals surface area contributed by atoms with Crippen LogP contribution >= 0.6 is 0 Å². The van der Waals surface area contributed by atoms with Crippen molar-refractivity contribution in [3.63, 3.8) is 0 Å². The largest absolute Gasteiger partial charge is 0.497 e. The Hall–Kier alpha value is -3.60. The molecule has 0 saturated heterocycles. The number of hydrogen-bond acceptors (Lipinski definition) is 4. The highest BCUT2D eigenvalue weighted by molar-refractivity contribution is 5.51. The summed E-state index contributed by atoms with van der Waals surface area (Å²) in [5.41, 5.74) is 5.30. The number of benzene rings is 4. The molecule has 4 nitrogen and oxygen atoms in total. The summed E-state index contributed by atoms with van der Waals surface area (Å²) in [7, 11) is 5.08. The van der Waals surface area contributed by atoms with E-state index in [1.807, 2.05) is 60.7 Å². The zero-order valence-corrected chi connectivity index (χ0v) is 21.6. The number of methoxy groups -OCH3 is 3. The summed E-state index contributed by atoms with van der Waals surface area (Å²) in [6, 6.07) is 32.8. The Morgan fingerprint density at radius 2 is 0.861 bits per heavy atom. The van der Waals surface area contributed by atoms with Crippen LogP contribution in [0.5, 0.6) is 11.5 Å². The lowest BCUT2D eigenvalue weighted by atomic mass is 9.75. The molecule has 0 aliphatic rings. The van der Waals surface area contributed by atoms with Crippen LogP contribution in [0.15, 0.2) is 97.1 Å². The third-order valence-electron chi connectivity index (χ3n) is 7.17. The molecule has 0 aromatic heterocycles.